The Balaban J connectivity index is 1.84. The number of anilines is 2. The molecule has 1 aromatic rings. The summed E-state index contributed by atoms with van der Waals surface area (Å²) in [5, 5.41) is 0.497. The van der Waals surface area contributed by atoms with Crippen LogP contribution in [-0.4, -0.2) is 17.6 Å². The van der Waals surface area contributed by atoms with E-state index in [0.29, 0.717) is 16.9 Å². The van der Waals surface area contributed by atoms with Gasteiger partial charge >= 0.3 is 0 Å². The Morgan fingerprint density at radius 3 is 2.62 bits per heavy atom. The maximum atomic E-state index is 5.95. The van der Waals surface area contributed by atoms with E-state index >= 15 is 0 Å². The molecule has 1 aromatic heterocycles. The quantitative estimate of drug-likeness (QED) is 0.819. The summed E-state index contributed by atoms with van der Waals surface area (Å²) in [5.74, 6) is 1.82. The highest BCUT2D eigenvalue weighted by atomic mass is 35.5. The van der Waals surface area contributed by atoms with Gasteiger partial charge in [0.25, 0.3) is 0 Å². The standard InChI is InChI=1S/C12H16ClN3/c13-11-5-9(14)6-12(15-11)16(10-3-4-10)7-8-1-2-8/h5-6,8,10H,1-4,7H2,(H2,14,15). The fourth-order valence-corrected chi connectivity index (χ4v) is 2.26. The second-order valence-corrected chi connectivity index (χ2v) is 5.30. The Kier molecular flexibility index (Phi) is 2.43. The van der Waals surface area contributed by atoms with Crippen molar-refractivity contribution in [2.24, 2.45) is 5.92 Å². The predicted molar refractivity (Wildman–Crippen MR) is 66.8 cm³/mol. The van der Waals surface area contributed by atoms with Crippen LogP contribution in [0.5, 0.6) is 0 Å². The van der Waals surface area contributed by atoms with E-state index in [1.807, 2.05) is 6.07 Å². The first-order valence-electron chi connectivity index (χ1n) is 5.92. The Morgan fingerprint density at radius 1 is 1.31 bits per heavy atom. The molecule has 2 aliphatic carbocycles. The SMILES string of the molecule is Nc1cc(Cl)nc(N(CC2CC2)C2CC2)c1. The number of hydrogen-bond acceptors (Lipinski definition) is 3. The van der Waals surface area contributed by atoms with Crippen LogP contribution in [0.1, 0.15) is 25.7 Å². The third-order valence-electron chi connectivity index (χ3n) is 3.24. The minimum absolute atomic E-state index is 0.497. The minimum atomic E-state index is 0.497. The zero-order valence-electron chi connectivity index (χ0n) is 9.19. The van der Waals surface area contributed by atoms with Crippen molar-refractivity contribution in [3.8, 4) is 0 Å². The van der Waals surface area contributed by atoms with E-state index in [-0.39, 0.29) is 0 Å². The lowest BCUT2D eigenvalue weighted by Crippen LogP contribution is -2.29. The van der Waals surface area contributed by atoms with E-state index in [1.165, 1.54) is 25.7 Å². The molecule has 3 rings (SSSR count). The second kappa shape index (κ2) is 3.81. The molecule has 2 saturated carbocycles. The van der Waals surface area contributed by atoms with E-state index in [9.17, 15) is 0 Å². The Morgan fingerprint density at radius 2 is 2.06 bits per heavy atom. The van der Waals surface area contributed by atoms with E-state index in [4.69, 9.17) is 17.3 Å². The first-order chi connectivity index (χ1) is 7.72. The molecule has 0 unspecified atom stereocenters. The van der Waals surface area contributed by atoms with Crippen LogP contribution in [0.15, 0.2) is 12.1 Å². The molecule has 0 bridgehead atoms. The summed E-state index contributed by atoms with van der Waals surface area (Å²) in [7, 11) is 0. The molecule has 86 valence electrons. The Labute approximate surface area is 101 Å². The summed E-state index contributed by atoms with van der Waals surface area (Å²) in [6, 6.07) is 4.31. The third kappa shape index (κ3) is 2.24. The molecule has 0 saturated heterocycles. The molecule has 2 fully saturated rings. The molecule has 0 radical (unpaired) electrons. The number of nitrogens with zero attached hydrogens (tertiary/aromatic N) is 2. The van der Waals surface area contributed by atoms with Gasteiger partial charge in [-0.1, -0.05) is 11.6 Å². The highest BCUT2D eigenvalue weighted by molar-refractivity contribution is 6.29. The maximum Gasteiger partial charge on any atom is 0.133 e. The second-order valence-electron chi connectivity index (χ2n) is 4.91. The van der Waals surface area contributed by atoms with Gasteiger partial charge in [-0.2, -0.15) is 0 Å². The van der Waals surface area contributed by atoms with Crippen LogP contribution in [0.2, 0.25) is 5.15 Å². The molecule has 0 aliphatic heterocycles. The third-order valence-corrected chi connectivity index (χ3v) is 3.43. The number of aromatic nitrogens is 1. The van der Waals surface area contributed by atoms with Crippen LogP contribution in [0.3, 0.4) is 0 Å². The molecule has 2 N–H and O–H groups in total. The average Bonchev–Trinajstić information content (AvgIpc) is 3.07. The Hall–Kier alpha value is -0.960. The van der Waals surface area contributed by atoms with Crippen molar-refractivity contribution >= 4 is 23.1 Å². The normalized spacial score (nSPS) is 19.8. The lowest BCUT2D eigenvalue weighted by atomic mass is 10.3. The molecule has 0 atom stereocenters. The summed E-state index contributed by atoms with van der Waals surface area (Å²) in [5.41, 5.74) is 6.52. The summed E-state index contributed by atoms with van der Waals surface area (Å²) in [4.78, 5) is 6.78. The molecule has 2 aliphatic rings. The van der Waals surface area contributed by atoms with Gasteiger partial charge in [-0.25, -0.2) is 4.98 Å². The largest absolute Gasteiger partial charge is 0.399 e. The van der Waals surface area contributed by atoms with Gasteiger partial charge in [0.1, 0.15) is 11.0 Å². The van der Waals surface area contributed by atoms with Crippen molar-refractivity contribution < 1.29 is 0 Å². The zero-order valence-corrected chi connectivity index (χ0v) is 9.95. The fraction of sp³-hybridized carbons (Fsp3) is 0.583. The van der Waals surface area contributed by atoms with Crippen molar-refractivity contribution in [3.63, 3.8) is 0 Å². The maximum absolute atomic E-state index is 5.95. The van der Waals surface area contributed by atoms with Gasteiger partial charge in [-0.15, -0.1) is 0 Å². The van der Waals surface area contributed by atoms with Crippen LogP contribution in [-0.2, 0) is 0 Å². The Bertz CT molecular complexity index is 379. The number of pyridine rings is 1. The molecular weight excluding hydrogens is 222 g/mol. The van der Waals surface area contributed by atoms with Crippen molar-refractivity contribution in [1.29, 1.82) is 0 Å². The molecule has 0 amide bonds. The van der Waals surface area contributed by atoms with Crippen LogP contribution in [0, 0.1) is 5.92 Å². The summed E-state index contributed by atoms with van der Waals surface area (Å²) in [6.45, 7) is 1.12. The smallest absolute Gasteiger partial charge is 0.133 e. The van der Waals surface area contributed by atoms with Gasteiger partial charge < -0.3 is 10.6 Å². The average molecular weight is 238 g/mol. The molecule has 16 heavy (non-hydrogen) atoms. The molecule has 4 heteroatoms. The van der Waals surface area contributed by atoms with Gasteiger partial charge in [-0.05, 0) is 37.7 Å². The van der Waals surface area contributed by atoms with Gasteiger partial charge in [0.05, 0.1) is 0 Å². The molecular formula is C12H16ClN3. The number of hydrogen-bond donors (Lipinski definition) is 1. The highest BCUT2D eigenvalue weighted by Gasteiger charge is 2.34. The van der Waals surface area contributed by atoms with E-state index in [2.05, 4.69) is 9.88 Å². The summed E-state index contributed by atoms with van der Waals surface area (Å²) in [6.07, 6.45) is 5.28. The van der Waals surface area contributed by atoms with Gasteiger partial charge in [0, 0.05) is 24.3 Å². The number of rotatable bonds is 4. The molecule has 0 aromatic carbocycles. The topological polar surface area (TPSA) is 42.1 Å². The summed E-state index contributed by atoms with van der Waals surface area (Å²) >= 11 is 5.95. The van der Waals surface area contributed by atoms with E-state index < -0.39 is 0 Å². The van der Waals surface area contributed by atoms with Crippen molar-refractivity contribution in [3.05, 3.63) is 17.3 Å². The number of nitrogen functional groups attached to an aromatic ring is 1. The van der Waals surface area contributed by atoms with Crippen LogP contribution in [0.4, 0.5) is 11.5 Å². The first kappa shape index (κ1) is 10.2. The zero-order chi connectivity index (χ0) is 11.1. The van der Waals surface area contributed by atoms with Crippen LogP contribution in [0.25, 0.3) is 0 Å². The highest BCUT2D eigenvalue weighted by Crippen LogP contribution is 2.37. The van der Waals surface area contributed by atoms with Crippen LogP contribution < -0.4 is 10.6 Å². The minimum Gasteiger partial charge on any atom is -0.399 e. The fourth-order valence-electron chi connectivity index (χ4n) is 2.04. The lowest BCUT2D eigenvalue weighted by Gasteiger charge is -2.23. The van der Waals surface area contributed by atoms with Crippen LogP contribution >= 0.6 is 11.6 Å². The lowest BCUT2D eigenvalue weighted by molar-refractivity contribution is 0.709. The van der Waals surface area contributed by atoms with Crippen molar-refractivity contribution in [1.82, 2.24) is 4.98 Å². The molecule has 0 spiro atoms. The first-order valence-corrected chi connectivity index (χ1v) is 6.30. The summed E-state index contributed by atoms with van der Waals surface area (Å²) < 4.78 is 0. The monoisotopic (exact) mass is 237 g/mol. The number of nitrogens with two attached hydrogens (primary N) is 1. The molecule has 3 nitrogen and oxygen atoms in total. The number of halogens is 1. The molecule has 1 heterocycles. The van der Waals surface area contributed by atoms with Gasteiger partial charge in [0.2, 0.25) is 0 Å². The van der Waals surface area contributed by atoms with Gasteiger partial charge in [0.15, 0.2) is 0 Å². The van der Waals surface area contributed by atoms with Crippen molar-refractivity contribution in [2.75, 3.05) is 17.2 Å². The van der Waals surface area contributed by atoms with E-state index in [0.717, 1.165) is 18.3 Å². The van der Waals surface area contributed by atoms with Gasteiger partial charge in [-0.3, -0.25) is 0 Å². The van der Waals surface area contributed by atoms with E-state index in [1.54, 1.807) is 6.07 Å². The predicted octanol–water partition coefficient (Wildman–Crippen LogP) is 2.70. The van der Waals surface area contributed by atoms with Crippen molar-refractivity contribution in [2.45, 2.75) is 31.7 Å².